The van der Waals surface area contributed by atoms with Gasteiger partial charge in [-0.1, -0.05) is 39.0 Å². The molecule has 0 heterocycles. The molecule has 0 amide bonds. The summed E-state index contributed by atoms with van der Waals surface area (Å²) >= 11 is 0. The van der Waals surface area contributed by atoms with Crippen molar-refractivity contribution in [1.82, 2.24) is 0 Å². The summed E-state index contributed by atoms with van der Waals surface area (Å²) in [6, 6.07) is 7.80. The minimum Gasteiger partial charge on any atom is -0.417 e. The lowest BCUT2D eigenvalue weighted by Gasteiger charge is -2.36. The zero-order chi connectivity index (χ0) is 14.5. The van der Waals surface area contributed by atoms with Gasteiger partial charge in [-0.3, -0.25) is 4.79 Å². The largest absolute Gasteiger partial charge is 0.417 e. The monoisotopic (exact) mass is 278 g/mol. The first kappa shape index (κ1) is 16.1. The van der Waals surface area contributed by atoms with Crippen LogP contribution in [0, 0.1) is 0 Å². The van der Waals surface area contributed by atoms with Gasteiger partial charge in [0, 0.05) is 12.2 Å². The Kier molecular flexibility index (Phi) is 5.50. The molecule has 0 aromatic heterocycles. The highest BCUT2D eigenvalue weighted by atomic mass is 28.4. The summed E-state index contributed by atoms with van der Waals surface area (Å²) in [5, 5.41) is 0.268. The minimum absolute atomic E-state index is 0.268. The van der Waals surface area contributed by atoms with Gasteiger partial charge in [-0.2, -0.15) is 0 Å². The number of aldehydes is 1. The third-order valence-corrected chi connectivity index (χ3v) is 8.50. The molecule has 0 aliphatic carbocycles. The van der Waals surface area contributed by atoms with E-state index in [9.17, 15) is 4.79 Å². The zero-order valence-corrected chi connectivity index (χ0v) is 13.8. The number of aryl methyl sites for hydroxylation is 1. The fraction of sp³-hybridized carbons (Fsp3) is 0.562. The van der Waals surface area contributed by atoms with Crippen molar-refractivity contribution in [3.63, 3.8) is 0 Å². The van der Waals surface area contributed by atoms with Gasteiger partial charge in [-0.15, -0.1) is 0 Å². The molecule has 1 rings (SSSR count). The Morgan fingerprint density at radius 2 is 1.95 bits per heavy atom. The summed E-state index contributed by atoms with van der Waals surface area (Å²) in [7, 11) is -1.62. The molecule has 106 valence electrons. The standard InChI is InChI=1S/C16H26O2Si/c1-16(2,3)19(4,5)18-11-7-10-14-8-6-9-15(12-14)13-17/h6,8-9,12-13H,7,10-11H2,1-5H3. The van der Waals surface area contributed by atoms with Crippen LogP contribution in [0.1, 0.15) is 43.1 Å². The van der Waals surface area contributed by atoms with Crippen molar-refractivity contribution in [2.45, 2.75) is 51.7 Å². The molecule has 2 nitrogen and oxygen atoms in total. The smallest absolute Gasteiger partial charge is 0.191 e. The van der Waals surface area contributed by atoms with Gasteiger partial charge in [-0.25, -0.2) is 0 Å². The highest BCUT2D eigenvalue weighted by Gasteiger charge is 2.36. The van der Waals surface area contributed by atoms with Gasteiger partial charge >= 0.3 is 0 Å². The van der Waals surface area contributed by atoms with E-state index in [0.717, 1.165) is 31.3 Å². The van der Waals surface area contributed by atoms with E-state index in [1.807, 2.05) is 18.2 Å². The topological polar surface area (TPSA) is 26.3 Å². The molecule has 1 aromatic carbocycles. The average Bonchev–Trinajstić information content (AvgIpc) is 2.33. The van der Waals surface area contributed by atoms with Gasteiger partial charge < -0.3 is 4.43 Å². The molecular formula is C16H26O2Si. The Morgan fingerprint density at radius 1 is 1.26 bits per heavy atom. The molecular weight excluding hydrogens is 252 g/mol. The lowest BCUT2D eigenvalue weighted by atomic mass is 10.1. The molecule has 19 heavy (non-hydrogen) atoms. The molecule has 1 aromatic rings. The van der Waals surface area contributed by atoms with Crippen LogP contribution in [0.3, 0.4) is 0 Å². The van der Waals surface area contributed by atoms with Crippen molar-refractivity contribution in [3.05, 3.63) is 35.4 Å². The summed E-state index contributed by atoms with van der Waals surface area (Å²) in [5.74, 6) is 0. The number of hydrogen-bond acceptors (Lipinski definition) is 2. The first-order chi connectivity index (χ1) is 8.76. The van der Waals surface area contributed by atoms with Crippen molar-refractivity contribution < 1.29 is 9.22 Å². The Balaban J connectivity index is 2.41. The number of benzene rings is 1. The second-order valence-electron chi connectivity index (χ2n) is 6.58. The fourth-order valence-corrected chi connectivity index (χ4v) is 2.73. The minimum atomic E-state index is -1.62. The van der Waals surface area contributed by atoms with E-state index in [2.05, 4.69) is 39.9 Å². The first-order valence-corrected chi connectivity index (χ1v) is 9.85. The summed E-state index contributed by atoms with van der Waals surface area (Å²) in [5.41, 5.74) is 1.96. The average molecular weight is 278 g/mol. The summed E-state index contributed by atoms with van der Waals surface area (Å²) in [6.45, 7) is 12.1. The van der Waals surface area contributed by atoms with Crippen LogP contribution < -0.4 is 0 Å². The summed E-state index contributed by atoms with van der Waals surface area (Å²) in [4.78, 5) is 10.7. The summed E-state index contributed by atoms with van der Waals surface area (Å²) < 4.78 is 6.14. The molecule has 0 radical (unpaired) electrons. The molecule has 0 unspecified atom stereocenters. The van der Waals surface area contributed by atoms with Gasteiger partial charge in [-0.05, 0) is 42.6 Å². The molecule has 0 aliphatic rings. The molecule has 3 heteroatoms. The van der Waals surface area contributed by atoms with Gasteiger partial charge in [0.2, 0.25) is 0 Å². The van der Waals surface area contributed by atoms with Crippen molar-refractivity contribution in [1.29, 1.82) is 0 Å². The first-order valence-electron chi connectivity index (χ1n) is 6.94. The van der Waals surface area contributed by atoms with E-state index < -0.39 is 8.32 Å². The second-order valence-corrected chi connectivity index (χ2v) is 11.4. The van der Waals surface area contributed by atoms with Crippen LogP contribution in [-0.2, 0) is 10.8 Å². The fourth-order valence-electron chi connectivity index (χ4n) is 1.64. The highest BCUT2D eigenvalue weighted by molar-refractivity contribution is 6.74. The maximum absolute atomic E-state index is 10.7. The lowest BCUT2D eigenvalue weighted by molar-refractivity contribution is 0.112. The maximum atomic E-state index is 10.7. The number of carbonyl (C=O) groups is 1. The van der Waals surface area contributed by atoms with Crippen molar-refractivity contribution in [3.8, 4) is 0 Å². The van der Waals surface area contributed by atoms with E-state index in [1.165, 1.54) is 5.56 Å². The second kappa shape index (κ2) is 6.48. The van der Waals surface area contributed by atoms with Crippen molar-refractivity contribution in [2.24, 2.45) is 0 Å². The third-order valence-electron chi connectivity index (χ3n) is 3.97. The van der Waals surface area contributed by atoms with Crippen LogP contribution in [0.15, 0.2) is 24.3 Å². The van der Waals surface area contributed by atoms with E-state index in [-0.39, 0.29) is 5.04 Å². The molecule has 0 atom stereocenters. The van der Waals surface area contributed by atoms with Gasteiger partial charge in [0.05, 0.1) is 0 Å². The van der Waals surface area contributed by atoms with Crippen molar-refractivity contribution in [2.75, 3.05) is 6.61 Å². The van der Waals surface area contributed by atoms with E-state index >= 15 is 0 Å². The Hall–Kier alpha value is -0.933. The van der Waals surface area contributed by atoms with Crippen LogP contribution in [-0.4, -0.2) is 21.2 Å². The molecule has 0 fully saturated rings. The third kappa shape index (κ3) is 4.92. The molecule has 0 spiro atoms. The Labute approximate surface area is 118 Å². The van der Waals surface area contributed by atoms with Crippen molar-refractivity contribution >= 4 is 14.6 Å². The van der Waals surface area contributed by atoms with Crippen LogP contribution in [0.4, 0.5) is 0 Å². The highest BCUT2D eigenvalue weighted by Crippen LogP contribution is 2.36. The maximum Gasteiger partial charge on any atom is 0.191 e. The number of rotatable bonds is 6. The molecule has 0 saturated carbocycles. The van der Waals surface area contributed by atoms with E-state index in [0.29, 0.717) is 0 Å². The normalized spacial score (nSPS) is 12.5. The molecule has 0 saturated heterocycles. The number of hydrogen-bond donors (Lipinski definition) is 0. The quantitative estimate of drug-likeness (QED) is 0.436. The SMILES string of the molecule is CC(C)(C)[Si](C)(C)OCCCc1cccc(C=O)c1. The lowest BCUT2D eigenvalue weighted by Crippen LogP contribution is -2.41. The predicted molar refractivity (Wildman–Crippen MR) is 83.3 cm³/mol. The predicted octanol–water partition coefficient (Wildman–Crippen LogP) is 4.45. The molecule has 0 N–H and O–H groups in total. The van der Waals surface area contributed by atoms with E-state index in [4.69, 9.17) is 4.43 Å². The molecule has 0 aliphatic heterocycles. The van der Waals surface area contributed by atoms with Gasteiger partial charge in [0.25, 0.3) is 0 Å². The van der Waals surface area contributed by atoms with E-state index in [1.54, 1.807) is 0 Å². The van der Waals surface area contributed by atoms with Crippen LogP contribution in [0.2, 0.25) is 18.1 Å². The molecule has 0 bridgehead atoms. The van der Waals surface area contributed by atoms with Gasteiger partial charge in [0.1, 0.15) is 6.29 Å². The number of carbonyl (C=O) groups excluding carboxylic acids is 1. The van der Waals surface area contributed by atoms with Crippen LogP contribution in [0.25, 0.3) is 0 Å². The Bertz CT molecular complexity index is 419. The van der Waals surface area contributed by atoms with Crippen LogP contribution >= 0.6 is 0 Å². The summed E-state index contributed by atoms with van der Waals surface area (Å²) in [6.07, 6.45) is 2.88. The van der Waals surface area contributed by atoms with Crippen LogP contribution in [0.5, 0.6) is 0 Å². The Morgan fingerprint density at radius 3 is 2.53 bits per heavy atom. The zero-order valence-electron chi connectivity index (χ0n) is 12.8. The van der Waals surface area contributed by atoms with Gasteiger partial charge in [0.15, 0.2) is 8.32 Å².